The molecule has 1 aliphatic rings. The maximum Gasteiger partial charge on any atom is 0.272 e. The minimum Gasteiger partial charge on any atom is -0.340 e. The van der Waals surface area contributed by atoms with E-state index in [0.29, 0.717) is 44.7 Å². The summed E-state index contributed by atoms with van der Waals surface area (Å²) < 4.78 is 0. The zero-order valence-electron chi connectivity index (χ0n) is 16.7. The number of hydrogen-bond donors (Lipinski definition) is 0. The maximum atomic E-state index is 12.8. The molecule has 8 heteroatoms. The number of carbonyl (C=O) groups is 3. The number of hydrogen-bond acceptors (Lipinski definition) is 5. The Morgan fingerprint density at radius 1 is 1.00 bits per heavy atom. The fourth-order valence-electron chi connectivity index (χ4n) is 3.23. The van der Waals surface area contributed by atoms with E-state index in [9.17, 15) is 14.4 Å². The Hall–Kier alpha value is -3.29. The topological polar surface area (TPSA) is 86.7 Å². The molecule has 0 bridgehead atoms. The van der Waals surface area contributed by atoms with E-state index in [1.54, 1.807) is 46.3 Å². The van der Waals surface area contributed by atoms with Crippen molar-refractivity contribution < 1.29 is 14.4 Å². The summed E-state index contributed by atoms with van der Waals surface area (Å²) in [5.41, 5.74) is 1.78. The largest absolute Gasteiger partial charge is 0.340 e. The summed E-state index contributed by atoms with van der Waals surface area (Å²) in [6, 6.07) is 7.00. The van der Waals surface area contributed by atoms with Crippen LogP contribution in [0.1, 0.15) is 33.3 Å². The molecule has 0 saturated carbocycles. The van der Waals surface area contributed by atoms with Gasteiger partial charge in [-0.1, -0.05) is 0 Å². The van der Waals surface area contributed by atoms with Gasteiger partial charge in [-0.3, -0.25) is 24.4 Å². The molecule has 0 spiro atoms. The first-order chi connectivity index (χ1) is 14.0. The lowest BCUT2D eigenvalue weighted by Crippen LogP contribution is -2.50. The van der Waals surface area contributed by atoms with Crippen LogP contribution in [0.2, 0.25) is 0 Å². The molecule has 3 amide bonds. The zero-order valence-corrected chi connectivity index (χ0v) is 16.7. The average molecular weight is 395 g/mol. The van der Waals surface area contributed by atoms with Crippen molar-refractivity contribution in [3.63, 3.8) is 0 Å². The third-order valence-electron chi connectivity index (χ3n) is 5.07. The van der Waals surface area contributed by atoms with Gasteiger partial charge in [0, 0.05) is 70.8 Å². The monoisotopic (exact) mass is 395 g/mol. The molecule has 29 heavy (non-hydrogen) atoms. The van der Waals surface area contributed by atoms with Crippen molar-refractivity contribution in [2.75, 3.05) is 39.8 Å². The quantitative estimate of drug-likeness (QED) is 0.757. The number of pyridine rings is 2. The summed E-state index contributed by atoms with van der Waals surface area (Å²) in [7, 11) is 1.72. The van der Waals surface area contributed by atoms with E-state index in [1.807, 2.05) is 12.1 Å². The number of amides is 3. The van der Waals surface area contributed by atoms with Crippen LogP contribution < -0.4 is 0 Å². The molecule has 2 aromatic heterocycles. The van der Waals surface area contributed by atoms with Gasteiger partial charge in [-0.15, -0.1) is 0 Å². The highest BCUT2D eigenvalue weighted by molar-refractivity contribution is 5.98. The average Bonchev–Trinajstić information content (AvgIpc) is 2.77. The van der Waals surface area contributed by atoms with Gasteiger partial charge in [0.1, 0.15) is 5.69 Å². The van der Waals surface area contributed by atoms with Crippen molar-refractivity contribution in [1.29, 1.82) is 0 Å². The molecule has 152 valence electrons. The van der Waals surface area contributed by atoms with Crippen molar-refractivity contribution >= 4 is 17.7 Å². The lowest BCUT2D eigenvalue weighted by Gasteiger charge is -2.34. The summed E-state index contributed by atoms with van der Waals surface area (Å²) in [5, 5.41) is 0. The molecule has 3 heterocycles. The molecule has 1 aliphatic heterocycles. The van der Waals surface area contributed by atoms with Gasteiger partial charge >= 0.3 is 0 Å². The second kappa shape index (κ2) is 9.27. The number of carbonyl (C=O) groups excluding carboxylic acids is 3. The third-order valence-corrected chi connectivity index (χ3v) is 5.07. The Morgan fingerprint density at radius 3 is 2.31 bits per heavy atom. The highest BCUT2D eigenvalue weighted by Gasteiger charge is 2.24. The van der Waals surface area contributed by atoms with Gasteiger partial charge < -0.3 is 14.7 Å². The van der Waals surface area contributed by atoms with E-state index < -0.39 is 0 Å². The first kappa shape index (κ1) is 20.4. The highest BCUT2D eigenvalue weighted by Crippen LogP contribution is 2.11. The zero-order chi connectivity index (χ0) is 20.8. The Morgan fingerprint density at radius 2 is 1.66 bits per heavy atom. The number of piperazine rings is 1. The fraction of sp³-hybridized carbons (Fsp3) is 0.381. The second-order valence-corrected chi connectivity index (χ2v) is 7.06. The van der Waals surface area contributed by atoms with Crippen LogP contribution >= 0.6 is 0 Å². The van der Waals surface area contributed by atoms with Gasteiger partial charge in [0.2, 0.25) is 5.91 Å². The van der Waals surface area contributed by atoms with E-state index in [-0.39, 0.29) is 23.4 Å². The normalized spacial score (nSPS) is 13.9. The minimum atomic E-state index is -0.227. The Balaban J connectivity index is 1.61. The van der Waals surface area contributed by atoms with Gasteiger partial charge in [0.05, 0.1) is 0 Å². The van der Waals surface area contributed by atoms with Crippen LogP contribution in [0.3, 0.4) is 0 Å². The second-order valence-electron chi connectivity index (χ2n) is 7.06. The van der Waals surface area contributed by atoms with Gasteiger partial charge in [-0.2, -0.15) is 0 Å². The summed E-state index contributed by atoms with van der Waals surface area (Å²) in [6.45, 7) is 4.08. The molecule has 8 nitrogen and oxygen atoms in total. The molecule has 0 radical (unpaired) electrons. The predicted octanol–water partition coefficient (Wildman–Crippen LogP) is 1.10. The summed E-state index contributed by atoms with van der Waals surface area (Å²) in [6.07, 6.45) is 5.65. The van der Waals surface area contributed by atoms with Crippen LogP contribution in [0.5, 0.6) is 0 Å². The van der Waals surface area contributed by atoms with Crippen LogP contribution in [0.4, 0.5) is 0 Å². The molecule has 0 aromatic carbocycles. The fourth-order valence-corrected chi connectivity index (χ4v) is 3.23. The molecule has 1 fully saturated rings. The number of nitrogens with zero attached hydrogens (tertiary/aromatic N) is 5. The lowest BCUT2D eigenvalue weighted by atomic mass is 10.1. The van der Waals surface area contributed by atoms with Gasteiger partial charge in [0.25, 0.3) is 11.8 Å². The van der Waals surface area contributed by atoms with Crippen molar-refractivity contribution in [2.45, 2.75) is 13.3 Å². The highest BCUT2D eigenvalue weighted by atomic mass is 16.2. The van der Waals surface area contributed by atoms with Gasteiger partial charge in [-0.25, -0.2) is 0 Å². The van der Waals surface area contributed by atoms with Gasteiger partial charge in [0.15, 0.2) is 0 Å². The van der Waals surface area contributed by atoms with Crippen LogP contribution in [0.25, 0.3) is 0 Å². The molecule has 0 unspecified atom stereocenters. The Bertz CT molecular complexity index is 879. The molecule has 0 aliphatic carbocycles. The maximum absolute atomic E-state index is 12.8. The van der Waals surface area contributed by atoms with Crippen LogP contribution in [-0.4, -0.2) is 82.2 Å². The Labute approximate surface area is 170 Å². The van der Waals surface area contributed by atoms with Crippen LogP contribution in [0.15, 0.2) is 42.9 Å². The number of likely N-dealkylation sites (N-methyl/N-ethyl adjacent to an activating group) is 1. The lowest BCUT2D eigenvalue weighted by molar-refractivity contribution is -0.130. The predicted molar refractivity (Wildman–Crippen MR) is 107 cm³/mol. The molecule has 1 saturated heterocycles. The molecule has 2 aromatic rings. The van der Waals surface area contributed by atoms with E-state index >= 15 is 0 Å². The van der Waals surface area contributed by atoms with Gasteiger partial charge in [-0.05, 0) is 36.2 Å². The summed E-state index contributed by atoms with van der Waals surface area (Å²) in [4.78, 5) is 50.1. The third kappa shape index (κ3) is 5.16. The number of rotatable bonds is 5. The van der Waals surface area contributed by atoms with Crippen molar-refractivity contribution in [1.82, 2.24) is 24.7 Å². The molecule has 3 rings (SSSR count). The van der Waals surface area contributed by atoms with E-state index in [4.69, 9.17) is 0 Å². The van der Waals surface area contributed by atoms with Crippen molar-refractivity contribution in [3.8, 4) is 0 Å². The smallest absolute Gasteiger partial charge is 0.272 e. The SMILES string of the molecule is CC(=O)N1CCN(C(=O)c2ccnc(C(=O)N(C)CCc3ccncc3)c2)CC1. The molecular formula is C21H25N5O3. The Kier molecular flexibility index (Phi) is 6.54. The van der Waals surface area contributed by atoms with E-state index in [0.717, 1.165) is 5.56 Å². The van der Waals surface area contributed by atoms with Crippen molar-refractivity contribution in [2.24, 2.45) is 0 Å². The standard InChI is InChI=1S/C21H25N5O3/c1-16(27)25-11-13-26(14-12-25)20(28)18-5-9-23-19(15-18)21(29)24(2)10-6-17-3-7-22-8-4-17/h3-5,7-9,15H,6,10-14H2,1-2H3. The minimum absolute atomic E-state index is 0.0173. The number of aromatic nitrogens is 2. The van der Waals surface area contributed by atoms with Crippen LogP contribution in [0, 0.1) is 0 Å². The van der Waals surface area contributed by atoms with E-state index in [2.05, 4.69) is 9.97 Å². The molecule has 0 N–H and O–H groups in total. The van der Waals surface area contributed by atoms with Crippen LogP contribution in [-0.2, 0) is 11.2 Å². The summed E-state index contributed by atoms with van der Waals surface area (Å²) in [5.74, 6) is -0.358. The summed E-state index contributed by atoms with van der Waals surface area (Å²) >= 11 is 0. The first-order valence-corrected chi connectivity index (χ1v) is 9.61. The first-order valence-electron chi connectivity index (χ1n) is 9.61. The molecular weight excluding hydrogens is 370 g/mol. The van der Waals surface area contributed by atoms with Crippen molar-refractivity contribution in [3.05, 3.63) is 59.7 Å². The molecule has 0 atom stereocenters. The van der Waals surface area contributed by atoms with E-state index in [1.165, 1.54) is 13.1 Å².